The van der Waals surface area contributed by atoms with E-state index in [1.165, 1.54) is 22.3 Å². The fraction of sp³-hybridized carbons (Fsp3) is 0.600. The third-order valence-electron chi connectivity index (χ3n) is 6.92. The standard InChI is InChI=1S/C30H48GeN3P/c1-19(2)25-15-13-16-26(20(3)4)29(25)33-31-34(35(33)32(23(9)10)24(11)12)30-27(21(5)6)17-14-18-28(30)22(7)8/h13-24H,1-12H3. The van der Waals surface area contributed by atoms with Crippen molar-refractivity contribution >= 4 is 35.6 Å². The summed E-state index contributed by atoms with van der Waals surface area (Å²) in [5, 5.41) is 0. The molecule has 0 aromatic heterocycles. The summed E-state index contributed by atoms with van der Waals surface area (Å²) in [4.78, 5) is 0. The summed E-state index contributed by atoms with van der Waals surface area (Å²) in [7, 11) is -0.628. The van der Waals surface area contributed by atoms with Gasteiger partial charge in [0.1, 0.15) is 0 Å². The second kappa shape index (κ2) is 11.6. The fourth-order valence-electron chi connectivity index (χ4n) is 5.23. The Morgan fingerprint density at radius 3 is 1.06 bits per heavy atom. The molecule has 2 radical (unpaired) electrons. The van der Waals surface area contributed by atoms with Gasteiger partial charge in [0.05, 0.1) is 0 Å². The first-order chi connectivity index (χ1) is 16.4. The van der Waals surface area contributed by atoms with E-state index in [1.54, 1.807) is 11.4 Å². The number of hydrogen-bond donors (Lipinski definition) is 0. The van der Waals surface area contributed by atoms with Crippen molar-refractivity contribution in [2.75, 3.05) is 7.26 Å². The summed E-state index contributed by atoms with van der Waals surface area (Å²) in [6.07, 6.45) is 0. The molecule has 0 N–H and O–H groups in total. The van der Waals surface area contributed by atoms with Crippen LogP contribution in [0.3, 0.4) is 0 Å². The zero-order chi connectivity index (χ0) is 26.2. The van der Waals surface area contributed by atoms with Gasteiger partial charge in [0.2, 0.25) is 0 Å². The van der Waals surface area contributed by atoms with Crippen molar-refractivity contribution in [3.05, 3.63) is 58.7 Å². The van der Waals surface area contributed by atoms with E-state index >= 15 is 0 Å². The van der Waals surface area contributed by atoms with Crippen LogP contribution in [0.2, 0.25) is 0 Å². The van der Waals surface area contributed by atoms with Crippen LogP contribution in [0.25, 0.3) is 0 Å². The average Bonchev–Trinajstić information content (AvgIpc) is 2.75. The molecular formula is C30H48GeN3P. The molecule has 0 aliphatic carbocycles. The van der Waals surface area contributed by atoms with E-state index in [2.05, 4.69) is 131 Å². The van der Waals surface area contributed by atoms with Crippen LogP contribution in [0.4, 0.5) is 11.4 Å². The van der Waals surface area contributed by atoms with Crippen molar-refractivity contribution in [2.45, 2.75) is 119 Å². The molecule has 1 aliphatic heterocycles. The Morgan fingerprint density at radius 2 is 0.829 bits per heavy atom. The molecule has 0 bridgehead atoms. The molecule has 192 valence electrons. The second-order valence-electron chi connectivity index (χ2n) is 11.7. The van der Waals surface area contributed by atoms with E-state index in [-0.39, 0.29) is 0 Å². The summed E-state index contributed by atoms with van der Waals surface area (Å²) >= 11 is -0.514. The fourth-order valence-corrected chi connectivity index (χ4v) is 12.8. The summed E-state index contributed by atoms with van der Waals surface area (Å²) in [6, 6.07) is 15.1. The monoisotopic (exact) mass is 555 g/mol. The van der Waals surface area contributed by atoms with E-state index in [9.17, 15) is 0 Å². The van der Waals surface area contributed by atoms with Crippen LogP contribution in [0.1, 0.15) is 129 Å². The maximum atomic E-state index is 2.89. The van der Waals surface area contributed by atoms with E-state index in [1.807, 2.05) is 0 Å². The quantitative estimate of drug-likeness (QED) is 0.226. The molecule has 1 fully saturated rings. The van der Waals surface area contributed by atoms with Gasteiger partial charge in [-0.2, -0.15) is 0 Å². The van der Waals surface area contributed by atoms with Crippen molar-refractivity contribution < 1.29 is 0 Å². The summed E-state index contributed by atoms with van der Waals surface area (Å²) in [5.41, 5.74) is 9.14. The molecule has 35 heavy (non-hydrogen) atoms. The first kappa shape index (κ1) is 28.5. The van der Waals surface area contributed by atoms with Crippen molar-refractivity contribution in [1.82, 2.24) is 4.67 Å². The Labute approximate surface area is 224 Å². The second-order valence-corrected chi connectivity index (χ2v) is 17.4. The van der Waals surface area contributed by atoms with E-state index in [0.29, 0.717) is 35.8 Å². The average molecular weight is 554 g/mol. The van der Waals surface area contributed by atoms with Gasteiger partial charge in [0, 0.05) is 0 Å². The van der Waals surface area contributed by atoms with Gasteiger partial charge in [-0.15, -0.1) is 0 Å². The molecule has 0 atom stereocenters. The number of anilines is 2. The van der Waals surface area contributed by atoms with Gasteiger partial charge in [-0.3, -0.25) is 0 Å². The molecular weight excluding hydrogens is 506 g/mol. The number of rotatable bonds is 9. The zero-order valence-electron chi connectivity index (χ0n) is 24.2. The topological polar surface area (TPSA) is 9.72 Å². The van der Waals surface area contributed by atoms with Gasteiger partial charge < -0.3 is 0 Å². The predicted octanol–water partition coefficient (Wildman–Crippen LogP) is 9.39. The van der Waals surface area contributed by atoms with Gasteiger partial charge in [0.15, 0.2) is 0 Å². The molecule has 1 heterocycles. The molecule has 1 aliphatic rings. The van der Waals surface area contributed by atoms with E-state index in [0.717, 1.165) is 0 Å². The molecule has 2 aromatic rings. The number of nitrogens with zero attached hydrogens (tertiary/aromatic N) is 3. The number of benzene rings is 2. The first-order valence-corrected chi connectivity index (χ1v) is 16.7. The number of hydrogen-bond acceptors (Lipinski definition) is 3. The van der Waals surface area contributed by atoms with Crippen LogP contribution in [0.15, 0.2) is 36.4 Å². The first-order valence-electron chi connectivity index (χ1n) is 13.6. The third kappa shape index (κ3) is 5.63. The van der Waals surface area contributed by atoms with Crippen LogP contribution in [0.5, 0.6) is 0 Å². The molecule has 5 heteroatoms. The molecule has 3 nitrogen and oxygen atoms in total. The summed E-state index contributed by atoms with van der Waals surface area (Å²) in [6.45, 7) is 28.4. The Balaban J connectivity index is 2.26. The molecule has 0 saturated carbocycles. The van der Waals surface area contributed by atoms with Crippen LogP contribution in [-0.4, -0.2) is 32.6 Å². The van der Waals surface area contributed by atoms with Gasteiger partial charge >= 0.3 is 225 Å². The molecule has 3 rings (SSSR count). The normalized spacial score (nSPS) is 15.2. The van der Waals surface area contributed by atoms with Crippen molar-refractivity contribution in [3.8, 4) is 0 Å². The van der Waals surface area contributed by atoms with Crippen LogP contribution < -0.4 is 7.26 Å². The van der Waals surface area contributed by atoms with Crippen LogP contribution in [0, 0.1) is 0 Å². The van der Waals surface area contributed by atoms with Gasteiger partial charge in [-0.05, 0) is 0 Å². The van der Waals surface area contributed by atoms with E-state index in [4.69, 9.17) is 0 Å². The van der Waals surface area contributed by atoms with Crippen molar-refractivity contribution in [3.63, 3.8) is 0 Å². The summed E-state index contributed by atoms with van der Waals surface area (Å²) < 4.78 is 8.58. The minimum absolute atomic E-state index is 0.487. The molecule has 0 spiro atoms. The Kier molecular flexibility index (Phi) is 9.44. The van der Waals surface area contributed by atoms with Crippen LogP contribution in [-0.2, 0) is 0 Å². The zero-order valence-corrected chi connectivity index (χ0v) is 27.2. The van der Waals surface area contributed by atoms with Gasteiger partial charge in [-0.1, -0.05) is 0 Å². The van der Waals surface area contributed by atoms with Gasteiger partial charge in [-0.25, -0.2) is 0 Å². The Morgan fingerprint density at radius 1 is 0.543 bits per heavy atom. The molecule has 2 aromatic carbocycles. The molecule has 0 unspecified atom stereocenters. The SMILES string of the molecule is CC(C)c1cccc(C(C)C)c1[N]1[Ge][N](c2c(C(C)C)cccc2C(C)C)P1N(C(C)C)C(C)C. The van der Waals surface area contributed by atoms with Crippen LogP contribution >= 0.6 is 8.37 Å². The van der Waals surface area contributed by atoms with Crippen molar-refractivity contribution in [1.29, 1.82) is 0 Å². The maximum absolute atomic E-state index is 2.89. The van der Waals surface area contributed by atoms with Gasteiger partial charge in [0.25, 0.3) is 0 Å². The Hall–Kier alpha value is -1.03. The predicted molar refractivity (Wildman–Crippen MR) is 159 cm³/mol. The minimum atomic E-state index is -0.628. The van der Waals surface area contributed by atoms with Crippen molar-refractivity contribution in [2.24, 2.45) is 0 Å². The molecule has 0 amide bonds. The molecule has 1 saturated heterocycles. The number of para-hydroxylation sites is 2. The summed E-state index contributed by atoms with van der Waals surface area (Å²) in [5.74, 6) is 2.06. The Bertz CT molecular complexity index is 869. The third-order valence-corrected chi connectivity index (χ3v) is 14.3. The van der Waals surface area contributed by atoms with E-state index < -0.39 is 24.3 Å².